The van der Waals surface area contributed by atoms with Gasteiger partial charge in [0.15, 0.2) is 5.13 Å². The smallest absolute Gasteiger partial charge is 0.314 e. The number of fused-ring (bicyclic) bond motifs is 1. The molecule has 0 amide bonds. The number of aromatic nitrogens is 6. The summed E-state index contributed by atoms with van der Waals surface area (Å²) in [6, 6.07) is 6.53. The lowest BCUT2D eigenvalue weighted by Gasteiger charge is -2.13. The van der Waals surface area contributed by atoms with E-state index in [9.17, 15) is 17.6 Å². The topological polar surface area (TPSA) is 109 Å². The first-order valence-corrected chi connectivity index (χ1v) is 10.3. The third-order valence-electron chi connectivity index (χ3n) is 5.00. The molecule has 0 aliphatic carbocycles. The van der Waals surface area contributed by atoms with Gasteiger partial charge in [0.25, 0.3) is 11.8 Å². The van der Waals surface area contributed by atoms with Crippen LogP contribution in [0.3, 0.4) is 0 Å². The molecule has 0 saturated heterocycles. The third kappa shape index (κ3) is 3.80. The molecular weight excluding hydrogens is 462 g/mol. The summed E-state index contributed by atoms with van der Waals surface area (Å²) in [7, 11) is 0. The molecule has 5 rings (SSSR count). The van der Waals surface area contributed by atoms with Crippen molar-refractivity contribution < 1.29 is 22.0 Å². The maximum absolute atomic E-state index is 14.8. The number of rotatable bonds is 5. The highest BCUT2D eigenvalue weighted by molar-refractivity contribution is 7.22. The van der Waals surface area contributed by atoms with Crippen LogP contribution in [0.15, 0.2) is 40.9 Å². The Morgan fingerprint density at radius 1 is 1.06 bits per heavy atom. The van der Waals surface area contributed by atoms with Gasteiger partial charge in [-0.3, -0.25) is 0 Å². The molecule has 1 atom stereocenters. The Labute approximate surface area is 186 Å². The summed E-state index contributed by atoms with van der Waals surface area (Å²) < 4.78 is 61.8. The second-order valence-corrected chi connectivity index (χ2v) is 8.16. The molecule has 0 radical (unpaired) electrons. The van der Waals surface area contributed by atoms with Crippen LogP contribution < -0.4 is 5.73 Å². The summed E-state index contributed by atoms with van der Waals surface area (Å²) in [5, 5.41) is 15.1. The van der Waals surface area contributed by atoms with Crippen LogP contribution in [0.4, 0.5) is 22.7 Å². The van der Waals surface area contributed by atoms with Gasteiger partial charge in [-0.2, -0.15) is 8.78 Å². The van der Waals surface area contributed by atoms with Gasteiger partial charge >= 0.3 is 6.43 Å². The molecule has 3 aromatic heterocycles. The van der Waals surface area contributed by atoms with Gasteiger partial charge < -0.3 is 10.2 Å². The highest BCUT2D eigenvalue weighted by atomic mass is 32.1. The van der Waals surface area contributed by atoms with Gasteiger partial charge in [0.2, 0.25) is 0 Å². The summed E-state index contributed by atoms with van der Waals surface area (Å²) in [6.07, 6.45) is -1.41. The number of anilines is 1. The molecule has 2 aromatic carbocycles. The Kier molecular flexibility index (Phi) is 5.04. The summed E-state index contributed by atoms with van der Waals surface area (Å²) in [5.74, 6) is -3.22. The zero-order valence-electron chi connectivity index (χ0n) is 16.7. The molecule has 168 valence electrons. The SMILES string of the molecule is C[C@H](c1cc(F)c(-c2nnc(C(F)F)o2)cc1F)n1cc(-c2ccc3nc(N)sc3c2)nn1. The Hall–Kier alpha value is -3.87. The minimum Gasteiger partial charge on any atom is -0.415 e. The van der Waals surface area contributed by atoms with Gasteiger partial charge in [-0.15, -0.1) is 15.3 Å². The molecule has 33 heavy (non-hydrogen) atoms. The van der Waals surface area contributed by atoms with Crippen molar-refractivity contribution in [2.45, 2.75) is 19.4 Å². The standard InChI is InChI=1S/C20H13F4N7OS/c1-8(10-5-13(22)11(6-12(10)21)18-28-29-19(32-18)17(23)24)31-7-15(27-30-31)9-2-3-14-16(4-9)33-20(25)26-14/h2-8,17H,1H3,(H2,25,26)/t8-/m1/s1. The minimum atomic E-state index is -3.02. The molecule has 0 aliphatic heterocycles. The molecule has 8 nitrogen and oxygen atoms in total. The molecular formula is C20H13F4N7OS. The number of thiazole rings is 1. The van der Waals surface area contributed by atoms with Gasteiger partial charge in [-0.25, -0.2) is 18.4 Å². The van der Waals surface area contributed by atoms with Crippen LogP contribution in [-0.4, -0.2) is 30.2 Å². The Bertz CT molecular complexity index is 1480. The van der Waals surface area contributed by atoms with Crippen molar-refractivity contribution in [3.63, 3.8) is 0 Å². The van der Waals surface area contributed by atoms with Gasteiger partial charge in [0, 0.05) is 11.1 Å². The fourth-order valence-electron chi connectivity index (χ4n) is 3.32. The van der Waals surface area contributed by atoms with Crippen molar-refractivity contribution in [2.24, 2.45) is 0 Å². The lowest BCUT2D eigenvalue weighted by molar-refractivity contribution is 0.116. The second kappa shape index (κ2) is 7.92. The predicted octanol–water partition coefficient (Wildman–Crippen LogP) is 5.01. The Balaban J connectivity index is 1.45. The van der Waals surface area contributed by atoms with E-state index < -0.39 is 41.4 Å². The van der Waals surface area contributed by atoms with Crippen molar-refractivity contribution in [3.05, 3.63) is 59.6 Å². The van der Waals surface area contributed by atoms with Crippen molar-refractivity contribution >= 4 is 26.7 Å². The maximum Gasteiger partial charge on any atom is 0.314 e. The van der Waals surface area contributed by atoms with Gasteiger partial charge in [0.1, 0.15) is 17.3 Å². The van der Waals surface area contributed by atoms with Crippen LogP contribution in [0.25, 0.3) is 32.9 Å². The lowest BCUT2D eigenvalue weighted by Crippen LogP contribution is -2.10. The number of benzene rings is 2. The molecule has 0 spiro atoms. The maximum atomic E-state index is 14.8. The van der Waals surface area contributed by atoms with E-state index in [0.29, 0.717) is 10.8 Å². The fourth-order valence-corrected chi connectivity index (χ4v) is 4.09. The molecule has 5 aromatic rings. The first-order chi connectivity index (χ1) is 15.8. The van der Waals surface area contributed by atoms with E-state index in [2.05, 4.69) is 25.5 Å². The van der Waals surface area contributed by atoms with E-state index in [4.69, 9.17) is 10.2 Å². The zero-order valence-corrected chi connectivity index (χ0v) is 17.5. The average molecular weight is 475 g/mol. The number of nitrogen functional groups attached to an aromatic ring is 1. The predicted molar refractivity (Wildman–Crippen MR) is 111 cm³/mol. The fraction of sp³-hybridized carbons (Fsp3) is 0.150. The van der Waals surface area contributed by atoms with E-state index in [0.717, 1.165) is 27.9 Å². The molecule has 2 N–H and O–H groups in total. The van der Waals surface area contributed by atoms with Crippen LogP contribution in [0, 0.1) is 11.6 Å². The van der Waals surface area contributed by atoms with Gasteiger partial charge in [0.05, 0.1) is 28.0 Å². The highest BCUT2D eigenvalue weighted by Crippen LogP contribution is 2.32. The van der Waals surface area contributed by atoms with E-state index in [1.165, 1.54) is 16.0 Å². The number of alkyl halides is 2. The number of hydrogen-bond donors (Lipinski definition) is 1. The summed E-state index contributed by atoms with van der Waals surface area (Å²) in [6.45, 7) is 1.62. The van der Waals surface area contributed by atoms with E-state index in [1.54, 1.807) is 13.1 Å². The Morgan fingerprint density at radius 2 is 1.88 bits per heavy atom. The van der Waals surface area contributed by atoms with Crippen LogP contribution in [0.2, 0.25) is 0 Å². The highest BCUT2D eigenvalue weighted by Gasteiger charge is 2.23. The number of halogens is 4. The van der Waals surface area contributed by atoms with Crippen LogP contribution >= 0.6 is 11.3 Å². The van der Waals surface area contributed by atoms with E-state index in [-0.39, 0.29) is 5.56 Å². The monoisotopic (exact) mass is 475 g/mol. The normalized spacial score (nSPS) is 12.7. The van der Waals surface area contributed by atoms with Gasteiger partial charge in [-0.1, -0.05) is 22.6 Å². The number of nitrogens with two attached hydrogens (primary N) is 1. The third-order valence-corrected chi connectivity index (χ3v) is 5.85. The molecule has 3 heterocycles. The molecule has 0 bridgehead atoms. The second-order valence-electron chi connectivity index (χ2n) is 7.09. The van der Waals surface area contributed by atoms with Gasteiger partial charge in [-0.05, 0) is 31.2 Å². The van der Waals surface area contributed by atoms with Crippen LogP contribution in [0.1, 0.15) is 30.8 Å². The van der Waals surface area contributed by atoms with Crippen molar-refractivity contribution in [1.82, 2.24) is 30.2 Å². The molecule has 13 heteroatoms. The first-order valence-electron chi connectivity index (χ1n) is 9.49. The van der Waals surface area contributed by atoms with Crippen LogP contribution in [0.5, 0.6) is 0 Å². The average Bonchev–Trinajstić information content (AvgIpc) is 3.52. The summed E-state index contributed by atoms with van der Waals surface area (Å²) in [4.78, 5) is 4.20. The number of nitrogens with zero attached hydrogens (tertiary/aromatic N) is 6. The summed E-state index contributed by atoms with van der Waals surface area (Å²) >= 11 is 1.34. The van der Waals surface area contributed by atoms with Crippen molar-refractivity contribution in [3.8, 4) is 22.7 Å². The Morgan fingerprint density at radius 3 is 2.64 bits per heavy atom. The van der Waals surface area contributed by atoms with Crippen LogP contribution in [-0.2, 0) is 0 Å². The van der Waals surface area contributed by atoms with E-state index >= 15 is 0 Å². The first kappa shape index (κ1) is 21.0. The largest absolute Gasteiger partial charge is 0.415 e. The molecule has 0 saturated carbocycles. The van der Waals surface area contributed by atoms with Crippen molar-refractivity contribution in [1.29, 1.82) is 0 Å². The summed E-state index contributed by atoms with van der Waals surface area (Å²) in [5.41, 5.74) is 7.35. The number of hydrogen-bond acceptors (Lipinski definition) is 8. The zero-order chi connectivity index (χ0) is 23.3. The quantitative estimate of drug-likeness (QED) is 0.356. The van der Waals surface area contributed by atoms with Crippen molar-refractivity contribution in [2.75, 3.05) is 5.73 Å². The molecule has 0 unspecified atom stereocenters. The van der Waals surface area contributed by atoms with E-state index in [1.807, 2.05) is 18.2 Å². The molecule has 0 fully saturated rings. The lowest BCUT2D eigenvalue weighted by atomic mass is 10.0. The minimum absolute atomic E-state index is 0.0213. The molecule has 0 aliphatic rings.